The number of nitrogens with zero attached hydrogens (tertiary/aromatic N) is 2. The predicted octanol–water partition coefficient (Wildman–Crippen LogP) is 5.03. The number of morpholine rings is 1. The first kappa shape index (κ1) is 25.2. The minimum Gasteiger partial charge on any atom is -0.385 e. The summed E-state index contributed by atoms with van der Waals surface area (Å²) in [5.41, 5.74) is 4.21. The van der Waals surface area contributed by atoms with Gasteiger partial charge in [0.1, 0.15) is 0 Å². The van der Waals surface area contributed by atoms with Crippen molar-refractivity contribution in [3.8, 4) is 0 Å². The third kappa shape index (κ3) is 5.43. The molecular weight excluding hydrogens is 452 g/mol. The molecule has 2 heterocycles. The number of rotatable bonds is 5. The number of hydrogen-bond acceptors (Lipinski definition) is 5. The van der Waals surface area contributed by atoms with Crippen LogP contribution in [0.5, 0.6) is 0 Å². The fraction of sp³-hybridized carbons (Fsp3) is 0.586. The monoisotopic (exact) mass is 492 g/mol. The van der Waals surface area contributed by atoms with Gasteiger partial charge in [-0.15, -0.1) is 0 Å². The lowest BCUT2D eigenvalue weighted by Gasteiger charge is -2.42. The highest BCUT2D eigenvalue weighted by Crippen LogP contribution is 2.43. The average molecular weight is 493 g/mol. The van der Waals surface area contributed by atoms with Crippen molar-refractivity contribution in [1.29, 1.82) is 0 Å². The maximum atomic E-state index is 12.9. The number of aromatic nitrogens is 2. The van der Waals surface area contributed by atoms with Crippen LogP contribution in [-0.2, 0) is 10.3 Å². The number of H-pyrrole nitrogens is 1. The lowest BCUT2D eigenvalue weighted by molar-refractivity contribution is -0.0447. The number of hydrogen-bond donors (Lipinski definition) is 3. The lowest BCUT2D eigenvalue weighted by Crippen LogP contribution is -2.47. The molecule has 1 aromatic carbocycles. The fourth-order valence-electron chi connectivity index (χ4n) is 5.92. The number of aryl methyl sites for hydroxylation is 1. The summed E-state index contributed by atoms with van der Waals surface area (Å²) in [7, 11) is 0. The molecule has 0 radical (unpaired) electrons. The summed E-state index contributed by atoms with van der Waals surface area (Å²) in [5, 5.41) is 14.8. The van der Waals surface area contributed by atoms with Crippen LogP contribution in [0.3, 0.4) is 0 Å². The van der Waals surface area contributed by atoms with Gasteiger partial charge in [-0.2, -0.15) is 0 Å². The molecule has 3 N–H and O–H groups in total. The van der Waals surface area contributed by atoms with E-state index < -0.39 is 5.60 Å². The summed E-state index contributed by atoms with van der Waals surface area (Å²) in [4.78, 5) is 22.7. The number of amides is 1. The van der Waals surface area contributed by atoms with Crippen LogP contribution < -0.4 is 5.32 Å². The highest BCUT2D eigenvalue weighted by molar-refractivity contribution is 6.03. The zero-order valence-electron chi connectivity index (χ0n) is 21.9. The molecule has 1 amide bonds. The predicted molar refractivity (Wildman–Crippen MR) is 142 cm³/mol. The van der Waals surface area contributed by atoms with Crippen LogP contribution in [0, 0.1) is 12.3 Å². The third-order valence-electron chi connectivity index (χ3n) is 8.39. The lowest BCUT2D eigenvalue weighted by atomic mass is 9.74. The first-order valence-electron chi connectivity index (χ1n) is 13.4. The van der Waals surface area contributed by atoms with Crippen molar-refractivity contribution in [3.05, 3.63) is 53.1 Å². The molecule has 1 saturated heterocycles. The molecule has 3 aliphatic rings. The van der Waals surface area contributed by atoms with Gasteiger partial charge in [0.15, 0.2) is 5.82 Å². The number of carbonyl (C=O) groups excluding carboxylic acids is 1. The molecule has 2 aromatic rings. The molecule has 0 unspecified atom stereocenters. The molecule has 5 rings (SSSR count). The number of nitrogens with one attached hydrogen (secondary N) is 2. The van der Waals surface area contributed by atoms with Gasteiger partial charge < -0.3 is 20.1 Å². The largest absolute Gasteiger partial charge is 0.385 e. The van der Waals surface area contributed by atoms with Crippen molar-refractivity contribution in [2.24, 2.45) is 5.41 Å². The summed E-state index contributed by atoms with van der Waals surface area (Å²) in [6.07, 6.45) is 10.6. The van der Waals surface area contributed by atoms with Gasteiger partial charge >= 0.3 is 0 Å². The molecule has 36 heavy (non-hydrogen) atoms. The number of allylic oxidation sites excluding steroid dienone is 2. The number of aliphatic hydroxyl groups is 1. The molecular formula is C29H40N4O3. The molecule has 2 aliphatic carbocycles. The minimum absolute atomic E-state index is 0.251. The Balaban J connectivity index is 1.40. The maximum absolute atomic E-state index is 12.9. The summed E-state index contributed by atoms with van der Waals surface area (Å²) >= 11 is 0. The number of imidazole rings is 1. The second-order valence-electron chi connectivity index (χ2n) is 11.6. The molecule has 0 bridgehead atoms. The van der Waals surface area contributed by atoms with Gasteiger partial charge in [-0.25, -0.2) is 4.98 Å². The molecule has 1 saturated carbocycles. The van der Waals surface area contributed by atoms with Crippen molar-refractivity contribution < 1.29 is 14.6 Å². The zero-order chi connectivity index (χ0) is 25.3. The van der Waals surface area contributed by atoms with E-state index in [1.807, 2.05) is 19.1 Å². The molecule has 1 aromatic heterocycles. The van der Waals surface area contributed by atoms with E-state index >= 15 is 0 Å². The molecule has 7 heteroatoms. The van der Waals surface area contributed by atoms with E-state index in [-0.39, 0.29) is 11.3 Å². The number of benzene rings is 1. The fourth-order valence-corrected chi connectivity index (χ4v) is 5.92. The molecule has 194 valence electrons. The first-order chi connectivity index (χ1) is 17.2. The van der Waals surface area contributed by atoms with E-state index in [0.717, 1.165) is 93.8 Å². The first-order valence-corrected chi connectivity index (χ1v) is 13.4. The van der Waals surface area contributed by atoms with Gasteiger partial charge in [-0.05, 0) is 80.6 Å². The Labute approximate surface area is 214 Å². The third-order valence-corrected chi connectivity index (χ3v) is 8.39. The average Bonchev–Trinajstić information content (AvgIpc) is 3.32. The Kier molecular flexibility index (Phi) is 7.07. The van der Waals surface area contributed by atoms with E-state index in [9.17, 15) is 9.90 Å². The van der Waals surface area contributed by atoms with E-state index in [1.54, 1.807) is 6.20 Å². The second-order valence-corrected chi connectivity index (χ2v) is 11.6. The Morgan fingerprint density at radius 3 is 2.58 bits per heavy atom. The maximum Gasteiger partial charge on any atom is 0.291 e. The molecule has 0 atom stereocenters. The van der Waals surface area contributed by atoms with Gasteiger partial charge in [0.05, 0.1) is 24.5 Å². The van der Waals surface area contributed by atoms with Crippen LogP contribution in [0.2, 0.25) is 0 Å². The SMILES string of the molecule is Cc1c[nH]c(C(=O)Nc2ccc([C@]3(O)CC[C@H](N4CCOCC4)CC3)cc2C2=CCC(C)(C)CC2)n1. The van der Waals surface area contributed by atoms with E-state index in [1.165, 1.54) is 5.57 Å². The quantitative estimate of drug-likeness (QED) is 0.545. The smallest absolute Gasteiger partial charge is 0.291 e. The number of ether oxygens (including phenoxy) is 1. The van der Waals surface area contributed by atoms with Gasteiger partial charge in [-0.3, -0.25) is 9.69 Å². The van der Waals surface area contributed by atoms with Crippen molar-refractivity contribution in [2.45, 2.75) is 77.4 Å². The van der Waals surface area contributed by atoms with Crippen molar-refractivity contribution in [1.82, 2.24) is 14.9 Å². The summed E-state index contributed by atoms with van der Waals surface area (Å²) in [6, 6.07) is 6.61. The van der Waals surface area contributed by atoms with Crippen LogP contribution >= 0.6 is 0 Å². The van der Waals surface area contributed by atoms with Crippen LogP contribution in [0.25, 0.3) is 5.57 Å². The number of carbonyl (C=O) groups is 1. The van der Waals surface area contributed by atoms with E-state index in [2.05, 4.69) is 46.2 Å². The normalized spacial score (nSPS) is 26.9. The molecule has 0 spiro atoms. The van der Waals surface area contributed by atoms with Crippen molar-refractivity contribution in [2.75, 3.05) is 31.6 Å². The Morgan fingerprint density at radius 1 is 1.19 bits per heavy atom. The highest BCUT2D eigenvalue weighted by Gasteiger charge is 2.37. The Hall–Kier alpha value is -2.48. The molecule has 1 aliphatic heterocycles. The minimum atomic E-state index is -0.841. The summed E-state index contributed by atoms with van der Waals surface area (Å²) in [5.74, 6) is 0.0555. The van der Waals surface area contributed by atoms with Gasteiger partial charge in [0, 0.05) is 36.6 Å². The van der Waals surface area contributed by atoms with Crippen molar-refractivity contribution >= 4 is 17.2 Å². The molecule has 7 nitrogen and oxygen atoms in total. The Bertz CT molecular complexity index is 1120. The highest BCUT2D eigenvalue weighted by atomic mass is 16.5. The van der Waals surface area contributed by atoms with Crippen LogP contribution in [0.4, 0.5) is 5.69 Å². The van der Waals surface area contributed by atoms with Gasteiger partial charge in [-0.1, -0.05) is 26.0 Å². The standard InChI is InChI=1S/C29H40N4O3/c1-20-19-30-26(31-20)27(34)32-25-5-4-22(18-24(25)21-6-10-28(2,3)11-7-21)29(35)12-8-23(9-13-29)33-14-16-36-17-15-33/h4-6,18-19,23,35H,7-17H2,1-3H3,(H,30,31)(H,32,34)/t23-,29-. The van der Waals surface area contributed by atoms with Gasteiger partial charge in [0.2, 0.25) is 0 Å². The second kappa shape index (κ2) is 10.1. The Morgan fingerprint density at radius 2 is 1.94 bits per heavy atom. The van der Waals surface area contributed by atoms with E-state index in [4.69, 9.17) is 4.74 Å². The van der Waals surface area contributed by atoms with E-state index in [0.29, 0.717) is 11.9 Å². The summed E-state index contributed by atoms with van der Waals surface area (Å²) in [6.45, 7) is 10.0. The zero-order valence-corrected chi connectivity index (χ0v) is 21.9. The van der Waals surface area contributed by atoms with Gasteiger partial charge in [0.25, 0.3) is 5.91 Å². The van der Waals surface area contributed by atoms with Crippen LogP contribution in [0.1, 0.15) is 86.2 Å². The molecule has 2 fully saturated rings. The van der Waals surface area contributed by atoms with Crippen LogP contribution in [-0.4, -0.2) is 58.2 Å². The summed E-state index contributed by atoms with van der Waals surface area (Å²) < 4.78 is 5.52. The topological polar surface area (TPSA) is 90.5 Å². The number of aromatic amines is 1. The number of anilines is 1. The van der Waals surface area contributed by atoms with Crippen LogP contribution in [0.15, 0.2) is 30.5 Å². The van der Waals surface area contributed by atoms with Crippen molar-refractivity contribution in [3.63, 3.8) is 0 Å².